The van der Waals surface area contributed by atoms with Crippen molar-refractivity contribution >= 4 is 5.97 Å². The van der Waals surface area contributed by atoms with E-state index < -0.39 is 5.54 Å². The Bertz CT molecular complexity index is 344. The number of likely N-dealkylation sites (N-methyl/N-ethyl adjacent to an activating group) is 1. The van der Waals surface area contributed by atoms with Gasteiger partial charge in [0.2, 0.25) is 0 Å². The van der Waals surface area contributed by atoms with Gasteiger partial charge < -0.3 is 15.0 Å². The summed E-state index contributed by atoms with van der Waals surface area (Å²) in [6.07, 6.45) is 8.12. The van der Waals surface area contributed by atoms with Gasteiger partial charge in [0.05, 0.1) is 7.11 Å². The summed E-state index contributed by atoms with van der Waals surface area (Å²) in [5, 5.41) is 3.44. The monoisotopic (exact) mass is 296 g/mol. The molecule has 2 rings (SSSR count). The van der Waals surface area contributed by atoms with Gasteiger partial charge >= 0.3 is 5.97 Å². The molecule has 0 aromatic rings. The van der Waals surface area contributed by atoms with Crippen LogP contribution in [0.15, 0.2) is 0 Å². The largest absolute Gasteiger partial charge is 0.468 e. The third kappa shape index (κ3) is 3.78. The molecule has 4 heteroatoms. The highest BCUT2D eigenvalue weighted by molar-refractivity contribution is 5.81. The lowest BCUT2D eigenvalue weighted by molar-refractivity contribution is -0.151. The molecule has 1 aliphatic carbocycles. The first-order valence-electron chi connectivity index (χ1n) is 8.72. The number of hydrogen-bond donors (Lipinski definition) is 1. The molecular formula is C17H32N2O2. The van der Waals surface area contributed by atoms with Crippen molar-refractivity contribution in [3.05, 3.63) is 0 Å². The highest BCUT2D eigenvalue weighted by Crippen LogP contribution is 2.35. The Labute approximate surface area is 129 Å². The number of nitrogens with zero attached hydrogens (tertiary/aromatic N) is 1. The molecule has 1 saturated heterocycles. The Morgan fingerprint density at radius 2 is 2.19 bits per heavy atom. The summed E-state index contributed by atoms with van der Waals surface area (Å²) >= 11 is 0. The fourth-order valence-corrected chi connectivity index (χ4v) is 4.35. The number of hydrogen-bond acceptors (Lipinski definition) is 4. The maximum Gasteiger partial charge on any atom is 0.326 e. The molecule has 0 amide bonds. The molecule has 3 unspecified atom stereocenters. The first-order chi connectivity index (χ1) is 10.1. The predicted molar refractivity (Wildman–Crippen MR) is 85.3 cm³/mol. The van der Waals surface area contributed by atoms with E-state index >= 15 is 0 Å². The van der Waals surface area contributed by atoms with E-state index in [1.54, 1.807) is 0 Å². The van der Waals surface area contributed by atoms with Crippen molar-refractivity contribution in [1.29, 1.82) is 0 Å². The van der Waals surface area contributed by atoms with E-state index in [9.17, 15) is 4.79 Å². The van der Waals surface area contributed by atoms with Gasteiger partial charge in [0.25, 0.3) is 0 Å². The number of ether oxygens (including phenoxy) is 1. The van der Waals surface area contributed by atoms with Crippen LogP contribution in [0.25, 0.3) is 0 Å². The number of likely N-dealkylation sites (tertiary alicyclic amines) is 1. The van der Waals surface area contributed by atoms with Crippen molar-refractivity contribution in [2.24, 2.45) is 5.92 Å². The SMILES string of the molecule is CCCC1CCN(C2CCCC(NCC)(C(=O)OC)C2)C1. The van der Waals surface area contributed by atoms with Crippen molar-refractivity contribution in [3.63, 3.8) is 0 Å². The van der Waals surface area contributed by atoms with Crippen LogP contribution >= 0.6 is 0 Å². The van der Waals surface area contributed by atoms with Crippen molar-refractivity contribution in [1.82, 2.24) is 10.2 Å². The fourth-order valence-electron chi connectivity index (χ4n) is 4.35. The lowest BCUT2D eigenvalue weighted by atomic mass is 9.78. The Hall–Kier alpha value is -0.610. The molecule has 1 N–H and O–H groups in total. The predicted octanol–water partition coefficient (Wildman–Crippen LogP) is 2.57. The van der Waals surface area contributed by atoms with Crippen LogP contribution in [0, 0.1) is 5.92 Å². The summed E-state index contributed by atoms with van der Waals surface area (Å²) in [4.78, 5) is 14.9. The summed E-state index contributed by atoms with van der Waals surface area (Å²) in [5.41, 5.74) is -0.449. The van der Waals surface area contributed by atoms with Gasteiger partial charge in [-0.2, -0.15) is 0 Å². The van der Waals surface area contributed by atoms with Gasteiger partial charge in [-0.3, -0.25) is 4.79 Å². The molecule has 2 aliphatic rings. The van der Waals surface area contributed by atoms with Crippen LogP contribution in [0.5, 0.6) is 0 Å². The van der Waals surface area contributed by atoms with Gasteiger partial charge in [-0.15, -0.1) is 0 Å². The van der Waals surface area contributed by atoms with Crippen LogP contribution < -0.4 is 5.32 Å². The van der Waals surface area contributed by atoms with Crippen LogP contribution in [0.3, 0.4) is 0 Å². The first kappa shape index (κ1) is 16.8. The maximum absolute atomic E-state index is 12.3. The molecular weight excluding hydrogens is 264 g/mol. The highest BCUT2D eigenvalue weighted by Gasteiger charge is 2.45. The van der Waals surface area contributed by atoms with Gasteiger partial charge in [-0.05, 0) is 57.5 Å². The quantitative estimate of drug-likeness (QED) is 0.765. The van der Waals surface area contributed by atoms with Crippen LogP contribution in [0.2, 0.25) is 0 Å². The minimum atomic E-state index is -0.449. The number of rotatable bonds is 6. The molecule has 0 radical (unpaired) electrons. The topological polar surface area (TPSA) is 41.6 Å². The Morgan fingerprint density at radius 1 is 1.38 bits per heavy atom. The van der Waals surface area contributed by atoms with E-state index in [-0.39, 0.29) is 5.97 Å². The standard InChI is InChI=1S/C17H32N2O2/c1-4-7-14-9-11-19(13-14)15-8-6-10-17(12-15,18-5-2)16(20)21-3/h14-15,18H,4-13H2,1-3H3. The van der Waals surface area contributed by atoms with Crippen molar-refractivity contribution in [3.8, 4) is 0 Å². The first-order valence-corrected chi connectivity index (χ1v) is 8.72. The molecule has 1 heterocycles. The van der Waals surface area contributed by atoms with E-state index in [4.69, 9.17) is 4.74 Å². The van der Waals surface area contributed by atoms with Crippen LogP contribution in [-0.2, 0) is 9.53 Å². The van der Waals surface area contributed by atoms with E-state index in [0.717, 1.165) is 31.7 Å². The van der Waals surface area contributed by atoms with Gasteiger partial charge in [-0.25, -0.2) is 0 Å². The Morgan fingerprint density at radius 3 is 2.86 bits per heavy atom. The van der Waals surface area contributed by atoms with Crippen molar-refractivity contribution in [2.75, 3.05) is 26.7 Å². The third-order valence-electron chi connectivity index (χ3n) is 5.35. The molecule has 122 valence electrons. The number of carbonyl (C=O) groups excluding carboxylic acids is 1. The summed E-state index contributed by atoms with van der Waals surface area (Å²) in [6.45, 7) is 7.60. The lowest BCUT2D eigenvalue weighted by Gasteiger charge is -2.42. The second kappa shape index (κ2) is 7.59. The van der Waals surface area contributed by atoms with Gasteiger partial charge in [0.1, 0.15) is 5.54 Å². The van der Waals surface area contributed by atoms with Gasteiger partial charge in [0.15, 0.2) is 0 Å². The molecule has 0 bridgehead atoms. The summed E-state index contributed by atoms with van der Waals surface area (Å²) in [6, 6.07) is 0.541. The lowest BCUT2D eigenvalue weighted by Crippen LogP contribution is -2.58. The zero-order chi connectivity index (χ0) is 15.3. The van der Waals surface area contributed by atoms with Gasteiger partial charge in [-0.1, -0.05) is 20.3 Å². The molecule has 4 nitrogen and oxygen atoms in total. The molecule has 2 fully saturated rings. The second-order valence-corrected chi connectivity index (χ2v) is 6.79. The van der Waals surface area contributed by atoms with Crippen LogP contribution in [-0.4, -0.2) is 49.2 Å². The molecule has 0 aromatic heterocycles. The minimum Gasteiger partial charge on any atom is -0.468 e. The van der Waals surface area contributed by atoms with Crippen molar-refractivity contribution < 1.29 is 9.53 Å². The zero-order valence-electron chi connectivity index (χ0n) is 14.0. The molecule has 0 aromatic carbocycles. The zero-order valence-corrected chi connectivity index (χ0v) is 14.0. The van der Waals surface area contributed by atoms with E-state index in [0.29, 0.717) is 6.04 Å². The fraction of sp³-hybridized carbons (Fsp3) is 0.941. The minimum absolute atomic E-state index is 0.0710. The average molecular weight is 296 g/mol. The average Bonchev–Trinajstić information content (AvgIpc) is 2.96. The molecule has 1 saturated carbocycles. The van der Waals surface area contributed by atoms with Crippen LogP contribution in [0.4, 0.5) is 0 Å². The molecule has 1 aliphatic heterocycles. The number of carbonyl (C=O) groups is 1. The Balaban J connectivity index is 2.00. The van der Waals surface area contributed by atoms with E-state index in [1.165, 1.54) is 45.9 Å². The molecule has 21 heavy (non-hydrogen) atoms. The number of esters is 1. The second-order valence-electron chi connectivity index (χ2n) is 6.79. The Kier molecular flexibility index (Phi) is 6.06. The van der Waals surface area contributed by atoms with Gasteiger partial charge in [0, 0.05) is 12.6 Å². The molecule has 0 spiro atoms. The van der Waals surface area contributed by atoms with E-state index in [2.05, 4.69) is 24.1 Å². The number of methoxy groups -OCH3 is 1. The smallest absolute Gasteiger partial charge is 0.326 e. The summed E-state index contributed by atoms with van der Waals surface area (Å²) in [7, 11) is 1.51. The molecule has 3 atom stereocenters. The summed E-state index contributed by atoms with van der Waals surface area (Å²) in [5.74, 6) is 0.793. The van der Waals surface area contributed by atoms with E-state index in [1.807, 2.05) is 0 Å². The maximum atomic E-state index is 12.3. The number of nitrogens with one attached hydrogen (secondary N) is 1. The van der Waals surface area contributed by atoms with Crippen LogP contribution in [0.1, 0.15) is 58.8 Å². The third-order valence-corrected chi connectivity index (χ3v) is 5.35. The summed E-state index contributed by atoms with van der Waals surface area (Å²) < 4.78 is 5.10. The van der Waals surface area contributed by atoms with Crippen molar-refractivity contribution in [2.45, 2.75) is 70.4 Å². The highest BCUT2D eigenvalue weighted by atomic mass is 16.5. The normalized spacial score (nSPS) is 34.0.